The van der Waals surface area contributed by atoms with Gasteiger partial charge < -0.3 is 4.74 Å². The highest BCUT2D eigenvalue weighted by Crippen LogP contribution is 2.18. The fourth-order valence-corrected chi connectivity index (χ4v) is 2.26. The minimum absolute atomic E-state index is 0.444. The molecule has 22 heavy (non-hydrogen) atoms. The van der Waals surface area contributed by atoms with E-state index in [0.717, 1.165) is 10.4 Å². The van der Waals surface area contributed by atoms with Crippen molar-refractivity contribution in [2.45, 2.75) is 32.8 Å². The van der Waals surface area contributed by atoms with Crippen LogP contribution in [0.15, 0.2) is 35.8 Å². The first-order chi connectivity index (χ1) is 10.4. The Labute approximate surface area is 134 Å². The molecule has 2 rings (SSSR count). The number of thiazole rings is 1. The van der Waals surface area contributed by atoms with E-state index in [4.69, 9.17) is 4.74 Å². The van der Waals surface area contributed by atoms with Gasteiger partial charge in [-0.3, -0.25) is 5.32 Å². The van der Waals surface area contributed by atoms with Gasteiger partial charge in [0, 0.05) is 6.42 Å². The zero-order valence-electron chi connectivity index (χ0n) is 12.8. The van der Waals surface area contributed by atoms with Crippen LogP contribution in [0.3, 0.4) is 0 Å². The van der Waals surface area contributed by atoms with E-state index in [-0.39, 0.29) is 0 Å². The number of nitrogens with one attached hydrogen (secondary N) is 1. The van der Waals surface area contributed by atoms with E-state index in [1.807, 2.05) is 51.1 Å². The van der Waals surface area contributed by atoms with Gasteiger partial charge in [0.1, 0.15) is 10.5 Å². The molecule has 0 bridgehead atoms. The van der Waals surface area contributed by atoms with Crippen molar-refractivity contribution in [1.82, 2.24) is 4.98 Å². The van der Waals surface area contributed by atoms with Crippen LogP contribution in [0.5, 0.6) is 0 Å². The summed E-state index contributed by atoms with van der Waals surface area (Å²) in [4.78, 5) is 16.6. The van der Waals surface area contributed by atoms with Crippen LogP contribution in [0, 0.1) is 11.8 Å². The zero-order chi connectivity index (χ0) is 16.0. The van der Waals surface area contributed by atoms with Crippen LogP contribution in [-0.2, 0) is 11.2 Å². The largest absolute Gasteiger partial charge is 0.444 e. The number of aromatic nitrogens is 1. The summed E-state index contributed by atoms with van der Waals surface area (Å²) >= 11 is 1.39. The minimum atomic E-state index is -0.542. The average Bonchev–Trinajstić information content (AvgIpc) is 2.85. The third-order valence-electron chi connectivity index (χ3n) is 2.52. The molecule has 1 N–H and O–H groups in total. The SMILES string of the molecule is CC(C)(C)OC(=O)Nc1ncsc1C#CCc1ccccc1. The van der Waals surface area contributed by atoms with Crippen LogP contribution in [0.1, 0.15) is 31.2 Å². The number of ether oxygens (including phenoxy) is 1. The molecule has 1 aromatic heterocycles. The van der Waals surface area contributed by atoms with Gasteiger partial charge in [-0.25, -0.2) is 9.78 Å². The topological polar surface area (TPSA) is 51.2 Å². The standard InChI is InChI=1S/C17H18N2O2S/c1-17(2,3)21-16(20)19-15-14(22-12-18-15)11-7-10-13-8-5-4-6-9-13/h4-6,8-9,12H,10H2,1-3H3,(H,19,20). The van der Waals surface area contributed by atoms with E-state index in [1.165, 1.54) is 11.3 Å². The molecule has 2 aromatic rings. The van der Waals surface area contributed by atoms with Gasteiger partial charge in [-0.15, -0.1) is 11.3 Å². The molecular formula is C17H18N2O2S. The average molecular weight is 314 g/mol. The lowest BCUT2D eigenvalue weighted by Gasteiger charge is -2.19. The van der Waals surface area contributed by atoms with Crippen LogP contribution in [0.4, 0.5) is 10.6 Å². The first-order valence-electron chi connectivity index (χ1n) is 6.90. The lowest BCUT2D eigenvalue weighted by atomic mass is 10.2. The summed E-state index contributed by atoms with van der Waals surface area (Å²) in [6.45, 7) is 5.44. The molecule has 0 fully saturated rings. The Balaban J connectivity index is 2.00. The van der Waals surface area contributed by atoms with Crippen molar-refractivity contribution in [1.29, 1.82) is 0 Å². The Hall–Kier alpha value is -2.32. The lowest BCUT2D eigenvalue weighted by Crippen LogP contribution is -2.27. The minimum Gasteiger partial charge on any atom is -0.444 e. The van der Waals surface area contributed by atoms with Crippen LogP contribution in [-0.4, -0.2) is 16.7 Å². The normalized spacial score (nSPS) is 10.5. The quantitative estimate of drug-likeness (QED) is 0.850. The highest BCUT2D eigenvalue weighted by atomic mass is 32.1. The zero-order valence-corrected chi connectivity index (χ0v) is 13.7. The van der Waals surface area contributed by atoms with Crippen LogP contribution < -0.4 is 5.32 Å². The molecule has 0 unspecified atom stereocenters. The molecule has 1 amide bonds. The molecule has 4 nitrogen and oxygen atoms in total. The van der Waals surface area contributed by atoms with Gasteiger partial charge in [0.25, 0.3) is 0 Å². The van der Waals surface area contributed by atoms with Gasteiger partial charge in [0.2, 0.25) is 0 Å². The molecular weight excluding hydrogens is 296 g/mol. The third-order valence-corrected chi connectivity index (χ3v) is 3.27. The number of carbonyl (C=O) groups excluding carboxylic acids is 1. The predicted molar refractivity (Wildman–Crippen MR) is 89.0 cm³/mol. The van der Waals surface area contributed by atoms with Crippen LogP contribution >= 0.6 is 11.3 Å². The second-order valence-electron chi connectivity index (χ2n) is 5.62. The Morgan fingerprint density at radius 1 is 1.32 bits per heavy atom. The van der Waals surface area contributed by atoms with Crippen molar-refractivity contribution in [2.24, 2.45) is 0 Å². The summed E-state index contributed by atoms with van der Waals surface area (Å²) < 4.78 is 5.21. The molecule has 0 saturated carbocycles. The molecule has 114 valence electrons. The summed E-state index contributed by atoms with van der Waals surface area (Å²) in [7, 11) is 0. The summed E-state index contributed by atoms with van der Waals surface area (Å²) in [5.41, 5.74) is 2.26. The third kappa shape index (κ3) is 5.23. The lowest BCUT2D eigenvalue weighted by molar-refractivity contribution is 0.0635. The number of hydrogen-bond donors (Lipinski definition) is 1. The highest BCUT2D eigenvalue weighted by Gasteiger charge is 2.17. The Morgan fingerprint density at radius 3 is 2.73 bits per heavy atom. The number of benzene rings is 1. The van der Waals surface area contributed by atoms with Gasteiger partial charge >= 0.3 is 6.09 Å². The van der Waals surface area contributed by atoms with Crippen molar-refractivity contribution < 1.29 is 9.53 Å². The summed E-state index contributed by atoms with van der Waals surface area (Å²) in [5, 5.41) is 2.63. The molecule has 0 spiro atoms. The molecule has 1 aromatic carbocycles. The van der Waals surface area contributed by atoms with Crippen LogP contribution in [0.25, 0.3) is 0 Å². The number of amides is 1. The maximum absolute atomic E-state index is 11.8. The van der Waals surface area contributed by atoms with E-state index >= 15 is 0 Å². The van der Waals surface area contributed by atoms with Gasteiger partial charge in [-0.05, 0) is 26.3 Å². The Morgan fingerprint density at radius 2 is 2.05 bits per heavy atom. The number of nitrogens with zero attached hydrogens (tertiary/aromatic N) is 1. The van der Waals surface area contributed by atoms with Crippen molar-refractivity contribution in [3.63, 3.8) is 0 Å². The highest BCUT2D eigenvalue weighted by molar-refractivity contribution is 7.10. The molecule has 0 aliphatic carbocycles. The Bertz CT molecular complexity index is 691. The maximum Gasteiger partial charge on any atom is 0.413 e. The fourth-order valence-electron chi connectivity index (χ4n) is 1.65. The predicted octanol–water partition coefficient (Wildman–Crippen LogP) is 4.08. The van der Waals surface area contributed by atoms with E-state index in [9.17, 15) is 4.79 Å². The molecule has 0 atom stereocenters. The van der Waals surface area contributed by atoms with Crippen molar-refractivity contribution >= 4 is 23.2 Å². The van der Waals surface area contributed by atoms with Crippen LogP contribution in [0.2, 0.25) is 0 Å². The summed E-state index contributed by atoms with van der Waals surface area (Å²) in [6, 6.07) is 10.0. The first-order valence-corrected chi connectivity index (χ1v) is 7.78. The van der Waals surface area contributed by atoms with E-state index < -0.39 is 11.7 Å². The van der Waals surface area contributed by atoms with E-state index in [1.54, 1.807) is 5.51 Å². The van der Waals surface area contributed by atoms with Gasteiger partial charge in [0.05, 0.1) is 5.51 Å². The molecule has 0 aliphatic rings. The molecule has 0 saturated heterocycles. The van der Waals surface area contributed by atoms with Crippen molar-refractivity contribution in [2.75, 3.05) is 5.32 Å². The number of rotatable bonds is 2. The summed E-state index contributed by atoms with van der Waals surface area (Å²) in [6.07, 6.45) is 0.134. The molecule has 1 heterocycles. The van der Waals surface area contributed by atoms with Gasteiger partial charge in [0.15, 0.2) is 5.82 Å². The number of hydrogen-bond acceptors (Lipinski definition) is 4. The summed E-state index contributed by atoms with van der Waals surface area (Å²) in [5.74, 6) is 6.58. The number of anilines is 1. The second-order valence-corrected chi connectivity index (χ2v) is 6.48. The van der Waals surface area contributed by atoms with Gasteiger partial charge in [-0.2, -0.15) is 0 Å². The maximum atomic E-state index is 11.8. The molecule has 0 radical (unpaired) electrons. The van der Waals surface area contributed by atoms with Crippen molar-refractivity contribution in [3.05, 3.63) is 46.3 Å². The number of carbonyl (C=O) groups is 1. The van der Waals surface area contributed by atoms with E-state index in [2.05, 4.69) is 22.1 Å². The van der Waals surface area contributed by atoms with Gasteiger partial charge in [-0.1, -0.05) is 42.2 Å². The van der Waals surface area contributed by atoms with E-state index in [0.29, 0.717) is 12.2 Å². The monoisotopic (exact) mass is 314 g/mol. The second kappa shape index (κ2) is 7.10. The molecule has 0 aliphatic heterocycles. The Kier molecular flexibility index (Phi) is 5.18. The van der Waals surface area contributed by atoms with Crippen molar-refractivity contribution in [3.8, 4) is 11.8 Å². The molecule has 5 heteroatoms. The first kappa shape index (κ1) is 16.1. The smallest absolute Gasteiger partial charge is 0.413 e. The fraction of sp³-hybridized carbons (Fsp3) is 0.294.